The predicted molar refractivity (Wildman–Crippen MR) is 48.0 cm³/mol. The van der Waals surface area contributed by atoms with Gasteiger partial charge in [0.25, 0.3) is 0 Å². The largest absolute Gasteiger partial charge is 0.294 e. The monoisotopic (exact) mass is 180 g/mol. The second-order valence-corrected chi connectivity index (χ2v) is 3.95. The van der Waals surface area contributed by atoms with Gasteiger partial charge in [0.2, 0.25) is 5.95 Å². The van der Waals surface area contributed by atoms with Crippen LogP contribution < -0.4 is 0 Å². The first-order chi connectivity index (χ1) is 5.91. The van der Waals surface area contributed by atoms with Crippen molar-refractivity contribution in [2.45, 2.75) is 20.8 Å². The second-order valence-electron chi connectivity index (χ2n) is 3.95. The van der Waals surface area contributed by atoms with Gasteiger partial charge in [-0.05, 0) is 12.1 Å². The van der Waals surface area contributed by atoms with Gasteiger partial charge in [-0.2, -0.15) is 4.39 Å². The molecule has 0 amide bonds. The standard InChI is InChI=1S/C10H12FNO/c1-10(2,3)9(13)7-4-5-8(11)12-6-7/h4-6H,1-3H3/i11-1. The number of nitrogens with zero attached hydrogens (tertiary/aromatic N) is 1. The van der Waals surface area contributed by atoms with Crippen LogP contribution in [0.4, 0.5) is 4.39 Å². The quantitative estimate of drug-likeness (QED) is 0.490. The molecule has 0 bridgehead atoms. The molecule has 1 aromatic rings. The van der Waals surface area contributed by atoms with Crippen LogP contribution in [0.5, 0.6) is 0 Å². The first kappa shape index (κ1) is 9.84. The van der Waals surface area contributed by atoms with Crippen molar-refractivity contribution in [3.63, 3.8) is 0 Å². The van der Waals surface area contributed by atoms with Crippen molar-refractivity contribution in [1.82, 2.24) is 4.98 Å². The smallest absolute Gasteiger partial charge is 0.212 e. The summed E-state index contributed by atoms with van der Waals surface area (Å²) >= 11 is 0. The van der Waals surface area contributed by atoms with Gasteiger partial charge in [-0.15, -0.1) is 0 Å². The summed E-state index contributed by atoms with van der Waals surface area (Å²) in [7, 11) is 0. The molecule has 0 unspecified atom stereocenters. The minimum atomic E-state index is -0.564. The Morgan fingerprint density at radius 2 is 2.00 bits per heavy atom. The SMILES string of the molecule is CC(C)(C)C(=O)c1ccc([18F])nc1. The Balaban J connectivity index is 2.97. The topological polar surface area (TPSA) is 30.0 Å². The van der Waals surface area contributed by atoms with Crippen molar-refractivity contribution in [2.24, 2.45) is 5.41 Å². The minimum absolute atomic E-state index is 0.0278. The molecule has 3 heteroatoms. The van der Waals surface area contributed by atoms with Crippen molar-refractivity contribution in [3.05, 3.63) is 29.8 Å². The van der Waals surface area contributed by atoms with E-state index in [1.165, 1.54) is 18.3 Å². The third-order valence-electron chi connectivity index (χ3n) is 1.67. The fraction of sp³-hybridized carbons (Fsp3) is 0.400. The molecule has 0 fully saturated rings. The van der Waals surface area contributed by atoms with Gasteiger partial charge in [-0.3, -0.25) is 4.79 Å². The van der Waals surface area contributed by atoms with E-state index in [9.17, 15) is 9.18 Å². The highest BCUT2D eigenvalue weighted by Crippen LogP contribution is 2.19. The predicted octanol–water partition coefficient (Wildman–Crippen LogP) is 2.45. The van der Waals surface area contributed by atoms with Crippen molar-refractivity contribution >= 4 is 5.78 Å². The van der Waals surface area contributed by atoms with Crippen molar-refractivity contribution in [1.29, 1.82) is 0 Å². The molecule has 1 heterocycles. The van der Waals surface area contributed by atoms with Crippen LogP contribution in [0.2, 0.25) is 0 Å². The molecule has 0 aliphatic carbocycles. The highest BCUT2D eigenvalue weighted by Gasteiger charge is 2.22. The maximum atomic E-state index is 12.4. The molecule has 2 nitrogen and oxygen atoms in total. The van der Waals surface area contributed by atoms with E-state index >= 15 is 0 Å². The number of rotatable bonds is 1. The van der Waals surface area contributed by atoms with E-state index in [4.69, 9.17) is 0 Å². The molecule has 0 aliphatic rings. The van der Waals surface area contributed by atoms with Crippen LogP contribution in [0.25, 0.3) is 0 Å². The van der Waals surface area contributed by atoms with Crippen LogP contribution in [0.1, 0.15) is 31.1 Å². The molecule has 0 atom stereocenters. The lowest BCUT2D eigenvalue weighted by molar-refractivity contribution is 0.0858. The Morgan fingerprint density at radius 3 is 2.38 bits per heavy atom. The molecule has 0 saturated heterocycles. The average molecular weight is 180 g/mol. The summed E-state index contributed by atoms with van der Waals surface area (Å²) in [5, 5.41) is 0. The number of halogens is 1. The zero-order chi connectivity index (χ0) is 10.1. The number of Topliss-reactive ketones (excluding diaryl/α,β-unsaturated/α-hetero) is 1. The van der Waals surface area contributed by atoms with Crippen LogP contribution in [-0.4, -0.2) is 10.8 Å². The summed E-state index contributed by atoms with van der Waals surface area (Å²) in [6.45, 7) is 5.45. The lowest BCUT2D eigenvalue weighted by Crippen LogP contribution is -2.20. The summed E-state index contributed by atoms with van der Waals surface area (Å²) in [6.07, 6.45) is 1.27. The highest BCUT2D eigenvalue weighted by molar-refractivity contribution is 5.99. The third kappa shape index (κ3) is 2.34. The zero-order valence-electron chi connectivity index (χ0n) is 7.97. The number of hydrogen-bond donors (Lipinski definition) is 0. The van der Waals surface area contributed by atoms with E-state index in [0.29, 0.717) is 5.56 Å². The first-order valence-corrected chi connectivity index (χ1v) is 4.07. The molecule has 1 rings (SSSR count). The van der Waals surface area contributed by atoms with Crippen molar-refractivity contribution < 1.29 is 9.18 Å². The van der Waals surface area contributed by atoms with Crippen molar-refractivity contribution in [3.8, 4) is 0 Å². The van der Waals surface area contributed by atoms with E-state index in [1.807, 2.05) is 20.8 Å². The third-order valence-corrected chi connectivity index (χ3v) is 1.67. The Bertz CT molecular complexity index is 311. The average Bonchev–Trinajstić information content (AvgIpc) is 2.03. The summed E-state index contributed by atoms with van der Waals surface area (Å²) < 4.78 is 12.4. The van der Waals surface area contributed by atoms with Crippen LogP contribution in [0.3, 0.4) is 0 Å². The van der Waals surface area contributed by atoms with E-state index in [0.717, 1.165) is 0 Å². The minimum Gasteiger partial charge on any atom is -0.294 e. The lowest BCUT2D eigenvalue weighted by Gasteiger charge is -2.15. The van der Waals surface area contributed by atoms with Gasteiger partial charge in [0.05, 0.1) is 0 Å². The number of carbonyl (C=O) groups is 1. The Hall–Kier alpha value is -1.25. The Kier molecular flexibility index (Phi) is 2.45. The van der Waals surface area contributed by atoms with Gasteiger partial charge < -0.3 is 0 Å². The molecule has 0 aliphatic heterocycles. The fourth-order valence-corrected chi connectivity index (χ4v) is 0.943. The summed E-state index contributed by atoms with van der Waals surface area (Å²) in [4.78, 5) is 15.0. The van der Waals surface area contributed by atoms with E-state index in [1.54, 1.807) is 0 Å². The van der Waals surface area contributed by atoms with Crippen LogP contribution in [0, 0.1) is 11.4 Å². The molecule has 0 radical (unpaired) electrons. The molecule has 13 heavy (non-hydrogen) atoms. The van der Waals surface area contributed by atoms with E-state index in [2.05, 4.69) is 4.98 Å². The fourth-order valence-electron chi connectivity index (χ4n) is 0.943. The number of aromatic nitrogens is 1. The van der Waals surface area contributed by atoms with E-state index < -0.39 is 11.4 Å². The zero-order valence-corrected chi connectivity index (χ0v) is 7.97. The molecule has 0 N–H and O–H groups in total. The molecular weight excluding hydrogens is 168 g/mol. The van der Waals surface area contributed by atoms with Gasteiger partial charge in [0, 0.05) is 17.2 Å². The normalized spacial score (nSPS) is 11.4. The molecule has 1 aromatic heterocycles. The number of pyridine rings is 1. The van der Waals surface area contributed by atoms with Crippen molar-refractivity contribution in [2.75, 3.05) is 0 Å². The van der Waals surface area contributed by atoms with Gasteiger partial charge in [0.15, 0.2) is 5.78 Å². The summed E-state index contributed by atoms with van der Waals surface area (Å²) in [6, 6.07) is 2.65. The molecule has 0 saturated carbocycles. The summed E-state index contributed by atoms with van der Waals surface area (Å²) in [5.74, 6) is -0.592. The molecular formula is C10H12FNO. The van der Waals surface area contributed by atoms with Crippen LogP contribution in [-0.2, 0) is 0 Å². The van der Waals surface area contributed by atoms with Crippen LogP contribution in [0.15, 0.2) is 18.3 Å². The highest BCUT2D eigenvalue weighted by atomic mass is 18.2. The number of hydrogen-bond acceptors (Lipinski definition) is 2. The van der Waals surface area contributed by atoms with Gasteiger partial charge >= 0.3 is 0 Å². The Labute approximate surface area is 76.8 Å². The lowest BCUT2D eigenvalue weighted by atomic mass is 9.87. The maximum Gasteiger partial charge on any atom is 0.212 e. The number of ketones is 1. The molecule has 0 aromatic carbocycles. The van der Waals surface area contributed by atoms with Gasteiger partial charge in [0.1, 0.15) is 0 Å². The van der Waals surface area contributed by atoms with E-state index in [-0.39, 0.29) is 5.78 Å². The van der Waals surface area contributed by atoms with Crippen LogP contribution >= 0.6 is 0 Å². The summed E-state index contributed by atoms with van der Waals surface area (Å²) in [5.41, 5.74) is 0.00775. The maximum absolute atomic E-state index is 12.4. The Morgan fingerprint density at radius 1 is 1.38 bits per heavy atom. The first-order valence-electron chi connectivity index (χ1n) is 4.07. The van der Waals surface area contributed by atoms with Gasteiger partial charge in [-0.25, -0.2) is 4.98 Å². The molecule has 0 spiro atoms. The van der Waals surface area contributed by atoms with Gasteiger partial charge in [-0.1, -0.05) is 20.8 Å². The second kappa shape index (κ2) is 3.24. The number of carbonyl (C=O) groups excluding carboxylic acids is 1. The molecule has 70 valence electrons.